The lowest BCUT2D eigenvalue weighted by Crippen LogP contribution is -2.30. The highest BCUT2D eigenvalue weighted by Gasteiger charge is 2.47. The minimum atomic E-state index is -0.483. The van der Waals surface area contributed by atoms with E-state index in [0.717, 1.165) is 38.6 Å². The van der Waals surface area contributed by atoms with Crippen molar-refractivity contribution >= 4 is 22.6 Å². The zero-order valence-corrected chi connectivity index (χ0v) is 29.2. The maximum atomic E-state index is 4.10. The molecule has 248 valence electrons. The van der Waals surface area contributed by atoms with Crippen molar-refractivity contribution in [1.29, 1.82) is 0 Å². The molecule has 6 aromatic rings. The van der Waals surface area contributed by atoms with E-state index in [4.69, 9.17) is 0 Å². The van der Waals surface area contributed by atoms with E-state index in [-0.39, 0.29) is 6.04 Å². The molecule has 0 radical (unpaired) electrons. The second-order valence-corrected chi connectivity index (χ2v) is 14.7. The summed E-state index contributed by atoms with van der Waals surface area (Å²) in [5, 5.41) is 5.42. The standard InChI is InChI=1S/C49H42N2/c1-32-29-47(50-31-42(33-15-4-2-5-16-33)37-20-9-8-19-36(32)37)34-27-28-39-38-21-10-12-24-43(38)49(45(39)30-34,35-17-6-3-7-18-35)44-25-14-23-41-40-22-11-13-26-46(40)51-48(41)44/h2-8,10-12,14-19,21-25,27-28,30,47,50-51H,9,13,20,26,29,31H2,1H3/b36-32+,42-37+. The largest absolute Gasteiger partial charge is 0.358 e. The molecule has 0 amide bonds. The van der Waals surface area contributed by atoms with Crippen molar-refractivity contribution in [3.8, 4) is 11.1 Å². The smallest absolute Gasteiger partial charge is 0.0734 e. The van der Waals surface area contributed by atoms with Crippen LogP contribution in [0.2, 0.25) is 0 Å². The lowest BCUT2D eigenvalue weighted by atomic mass is 9.67. The molecule has 4 aliphatic rings. The Morgan fingerprint density at radius 2 is 1.39 bits per heavy atom. The quantitative estimate of drug-likeness (QED) is 0.194. The third-order valence-corrected chi connectivity index (χ3v) is 12.0. The lowest BCUT2D eigenvalue weighted by Gasteiger charge is -2.35. The number of allylic oxidation sites excluding steroid dienone is 5. The molecular weight excluding hydrogens is 617 g/mol. The zero-order chi connectivity index (χ0) is 33.9. The van der Waals surface area contributed by atoms with E-state index in [2.05, 4.69) is 163 Å². The van der Waals surface area contributed by atoms with Gasteiger partial charge in [0.15, 0.2) is 0 Å². The third kappa shape index (κ3) is 4.66. The fourth-order valence-corrected chi connectivity index (χ4v) is 9.73. The molecule has 1 aromatic heterocycles. The average molecular weight is 659 g/mol. The molecule has 0 saturated heterocycles. The second-order valence-electron chi connectivity index (χ2n) is 14.7. The summed E-state index contributed by atoms with van der Waals surface area (Å²) in [7, 11) is 0. The molecule has 2 nitrogen and oxygen atoms in total. The monoisotopic (exact) mass is 658 g/mol. The molecule has 0 fully saturated rings. The molecule has 2 heteroatoms. The molecule has 5 aromatic carbocycles. The Labute approximate surface area is 301 Å². The Kier molecular flexibility index (Phi) is 7.22. The van der Waals surface area contributed by atoms with Crippen molar-refractivity contribution in [3.63, 3.8) is 0 Å². The summed E-state index contributed by atoms with van der Waals surface area (Å²) in [5.41, 5.74) is 20.0. The highest BCUT2D eigenvalue weighted by molar-refractivity contribution is 5.97. The van der Waals surface area contributed by atoms with Gasteiger partial charge in [-0.25, -0.2) is 0 Å². The number of rotatable bonds is 4. The first-order valence-corrected chi connectivity index (χ1v) is 18.7. The number of para-hydroxylation sites is 1. The third-order valence-electron chi connectivity index (χ3n) is 12.0. The summed E-state index contributed by atoms with van der Waals surface area (Å²) in [6.07, 6.45) is 14.7. The van der Waals surface area contributed by atoms with Gasteiger partial charge in [0, 0.05) is 29.2 Å². The van der Waals surface area contributed by atoms with Gasteiger partial charge in [0.25, 0.3) is 0 Å². The van der Waals surface area contributed by atoms with E-state index in [1.165, 1.54) is 89.0 Å². The number of aromatic amines is 1. The molecule has 51 heavy (non-hydrogen) atoms. The number of hydrogen-bond acceptors (Lipinski definition) is 1. The van der Waals surface area contributed by atoms with Crippen LogP contribution in [0.1, 0.15) is 83.3 Å². The zero-order valence-electron chi connectivity index (χ0n) is 29.2. The predicted molar refractivity (Wildman–Crippen MR) is 213 cm³/mol. The molecule has 2 atom stereocenters. The molecule has 0 saturated carbocycles. The molecule has 0 bridgehead atoms. The molecule has 3 aliphatic carbocycles. The lowest BCUT2D eigenvalue weighted by molar-refractivity contribution is 0.558. The van der Waals surface area contributed by atoms with E-state index in [1.54, 1.807) is 0 Å². The van der Waals surface area contributed by atoms with Gasteiger partial charge >= 0.3 is 0 Å². The summed E-state index contributed by atoms with van der Waals surface area (Å²) in [5.74, 6) is 0. The summed E-state index contributed by atoms with van der Waals surface area (Å²) in [6, 6.07) is 45.9. The van der Waals surface area contributed by atoms with Gasteiger partial charge in [-0.1, -0.05) is 151 Å². The van der Waals surface area contributed by atoms with E-state index in [9.17, 15) is 0 Å². The van der Waals surface area contributed by atoms with Gasteiger partial charge in [0.2, 0.25) is 0 Å². The maximum Gasteiger partial charge on any atom is 0.0734 e. The minimum absolute atomic E-state index is 0.175. The summed E-state index contributed by atoms with van der Waals surface area (Å²) >= 11 is 0. The normalized spacial score (nSPS) is 23.7. The first-order valence-electron chi connectivity index (χ1n) is 18.7. The molecular formula is C49H42N2. The molecule has 0 spiro atoms. The van der Waals surface area contributed by atoms with Gasteiger partial charge in [-0.3, -0.25) is 0 Å². The van der Waals surface area contributed by atoms with Gasteiger partial charge in [0.05, 0.1) is 10.9 Å². The molecule has 2 heterocycles. The SMILES string of the molecule is C/C1=C2/C=CCC/C2=C(\c2ccccc2)CNC(c2ccc3c(c2)C(c2ccccc2)(c2cccc4c5c([nH]c24)CCC=C5)c2ccccc2-3)C1. The van der Waals surface area contributed by atoms with Crippen LogP contribution in [0.3, 0.4) is 0 Å². The Bertz CT molecular complexity index is 2450. The summed E-state index contributed by atoms with van der Waals surface area (Å²) in [6.45, 7) is 3.20. The van der Waals surface area contributed by atoms with E-state index < -0.39 is 5.41 Å². The van der Waals surface area contributed by atoms with Crippen LogP contribution in [0, 0.1) is 0 Å². The summed E-state index contributed by atoms with van der Waals surface area (Å²) in [4.78, 5) is 3.98. The second kappa shape index (κ2) is 12.1. The molecule has 2 unspecified atom stereocenters. The average Bonchev–Trinajstić information content (AvgIpc) is 3.71. The first-order chi connectivity index (χ1) is 25.2. The van der Waals surface area contributed by atoms with Crippen LogP contribution >= 0.6 is 0 Å². The van der Waals surface area contributed by atoms with Crippen molar-refractivity contribution in [2.45, 2.75) is 50.5 Å². The van der Waals surface area contributed by atoms with Crippen LogP contribution in [0.5, 0.6) is 0 Å². The van der Waals surface area contributed by atoms with Gasteiger partial charge < -0.3 is 10.3 Å². The Morgan fingerprint density at radius 1 is 0.647 bits per heavy atom. The highest BCUT2D eigenvalue weighted by Crippen LogP contribution is 2.58. The van der Waals surface area contributed by atoms with Crippen molar-refractivity contribution in [2.75, 3.05) is 6.54 Å². The van der Waals surface area contributed by atoms with Crippen LogP contribution in [0.25, 0.3) is 33.7 Å². The highest BCUT2D eigenvalue weighted by atomic mass is 14.9. The van der Waals surface area contributed by atoms with E-state index in [0.29, 0.717) is 0 Å². The molecule has 1 aliphatic heterocycles. The fourth-order valence-electron chi connectivity index (χ4n) is 9.73. The number of fused-ring (bicyclic) bond motifs is 7. The number of H-pyrrole nitrogens is 1. The minimum Gasteiger partial charge on any atom is -0.358 e. The van der Waals surface area contributed by atoms with Crippen LogP contribution in [-0.2, 0) is 11.8 Å². The topological polar surface area (TPSA) is 27.8 Å². The number of hydrogen-bond donors (Lipinski definition) is 2. The van der Waals surface area contributed by atoms with Crippen molar-refractivity contribution < 1.29 is 0 Å². The molecule has 10 rings (SSSR count). The number of aromatic nitrogens is 1. The predicted octanol–water partition coefficient (Wildman–Crippen LogP) is 11.6. The number of nitrogens with one attached hydrogen (secondary N) is 2. The van der Waals surface area contributed by atoms with E-state index in [1.807, 2.05) is 0 Å². The van der Waals surface area contributed by atoms with Crippen molar-refractivity contribution in [1.82, 2.24) is 10.3 Å². The fraction of sp³-hybridized carbons (Fsp3) is 0.184. The van der Waals surface area contributed by atoms with Crippen LogP contribution in [-0.4, -0.2) is 11.5 Å². The van der Waals surface area contributed by atoms with Crippen molar-refractivity contribution in [3.05, 3.63) is 201 Å². The Balaban J connectivity index is 1.19. The number of benzene rings is 5. The van der Waals surface area contributed by atoms with Gasteiger partial charge in [-0.05, 0) is 100 Å². The summed E-state index contributed by atoms with van der Waals surface area (Å²) < 4.78 is 0. The Morgan fingerprint density at radius 3 is 2.27 bits per heavy atom. The van der Waals surface area contributed by atoms with Crippen LogP contribution in [0.4, 0.5) is 0 Å². The van der Waals surface area contributed by atoms with Gasteiger partial charge in [0.1, 0.15) is 0 Å². The first kappa shape index (κ1) is 30.4. The van der Waals surface area contributed by atoms with Crippen molar-refractivity contribution in [2.24, 2.45) is 0 Å². The van der Waals surface area contributed by atoms with Crippen LogP contribution in [0.15, 0.2) is 156 Å². The number of aryl methyl sites for hydroxylation is 1. The Hall–Kier alpha value is -5.44. The van der Waals surface area contributed by atoms with Crippen LogP contribution < -0.4 is 5.32 Å². The van der Waals surface area contributed by atoms with Gasteiger partial charge in [-0.2, -0.15) is 0 Å². The maximum absolute atomic E-state index is 4.10. The molecule has 2 N–H and O–H groups in total. The van der Waals surface area contributed by atoms with E-state index >= 15 is 0 Å². The van der Waals surface area contributed by atoms with Gasteiger partial charge in [-0.15, -0.1) is 0 Å².